The van der Waals surface area contributed by atoms with Crippen LogP contribution in [0.25, 0.3) is 0 Å². The van der Waals surface area contributed by atoms with E-state index >= 15 is 0 Å². The van der Waals surface area contributed by atoms with Gasteiger partial charge in [-0.25, -0.2) is 0 Å². The first-order valence-corrected chi connectivity index (χ1v) is 4.51. The van der Waals surface area contributed by atoms with E-state index < -0.39 is 11.9 Å². The molecule has 1 aromatic rings. The van der Waals surface area contributed by atoms with Gasteiger partial charge in [0.1, 0.15) is 6.10 Å². The summed E-state index contributed by atoms with van der Waals surface area (Å²) < 4.78 is 10.2. The lowest BCUT2D eigenvalue weighted by atomic mass is 10.0. The summed E-state index contributed by atoms with van der Waals surface area (Å²) in [6, 6.07) is 9.19. The molecule has 0 aliphatic heterocycles. The fraction of sp³-hybridized carbons (Fsp3) is 0.455. The Bertz CT molecular complexity index is 273. The number of hydrogen-bond acceptors (Lipinski definition) is 3. The lowest BCUT2D eigenvalue weighted by Gasteiger charge is -2.31. The second-order valence-electron chi connectivity index (χ2n) is 3.14. The van der Waals surface area contributed by atoms with E-state index in [4.69, 9.17) is 9.47 Å². The third kappa shape index (κ3) is 1.95. The highest BCUT2D eigenvalue weighted by atomic mass is 16.6. The number of aliphatic hydroxyl groups is 1. The van der Waals surface area contributed by atoms with Crippen molar-refractivity contribution >= 4 is 0 Å². The van der Waals surface area contributed by atoms with Crippen molar-refractivity contribution in [2.75, 3.05) is 14.2 Å². The standard InChI is InChI=1S/C11H16O3/c1-9(13-2)11(12,14-3)10-7-5-4-6-8-10/h4-9,12H,1-3H3. The van der Waals surface area contributed by atoms with Crippen LogP contribution in [0, 0.1) is 0 Å². The van der Waals surface area contributed by atoms with Crippen LogP contribution in [0.5, 0.6) is 0 Å². The van der Waals surface area contributed by atoms with E-state index in [2.05, 4.69) is 0 Å². The van der Waals surface area contributed by atoms with E-state index in [9.17, 15) is 5.11 Å². The van der Waals surface area contributed by atoms with Crippen LogP contribution in [0.3, 0.4) is 0 Å². The summed E-state index contributed by atoms with van der Waals surface area (Å²) in [6.45, 7) is 1.76. The van der Waals surface area contributed by atoms with Gasteiger partial charge in [0.2, 0.25) is 5.79 Å². The lowest BCUT2D eigenvalue weighted by molar-refractivity contribution is -0.253. The fourth-order valence-corrected chi connectivity index (χ4v) is 1.36. The predicted octanol–water partition coefficient (Wildman–Crippen LogP) is 1.51. The van der Waals surface area contributed by atoms with Gasteiger partial charge in [-0.2, -0.15) is 0 Å². The van der Waals surface area contributed by atoms with Gasteiger partial charge in [-0.3, -0.25) is 0 Å². The van der Waals surface area contributed by atoms with Crippen LogP contribution in [0.15, 0.2) is 30.3 Å². The first kappa shape index (κ1) is 11.2. The number of ether oxygens (including phenoxy) is 2. The molecule has 0 amide bonds. The summed E-state index contributed by atoms with van der Waals surface area (Å²) in [6.07, 6.45) is -0.421. The molecule has 1 aromatic carbocycles. The van der Waals surface area contributed by atoms with Crippen LogP contribution in [0.1, 0.15) is 12.5 Å². The van der Waals surface area contributed by atoms with Crippen molar-refractivity contribution in [3.8, 4) is 0 Å². The molecule has 0 aliphatic rings. The molecule has 78 valence electrons. The molecule has 1 rings (SSSR count). The summed E-state index contributed by atoms with van der Waals surface area (Å²) in [5.41, 5.74) is 0.692. The Hall–Kier alpha value is -0.900. The van der Waals surface area contributed by atoms with Crippen molar-refractivity contribution in [1.82, 2.24) is 0 Å². The van der Waals surface area contributed by atoms with Crippen molar-refractivity contribution in [1.29, 1.82) is 0 Å². The van der Waals surface area contributed by atoms with Crippen molar-refractivity contribution < 1.29 is 14.6 Å². The molecule has 3 nitrogen and oxygen atoms in total. The SMILES string of the molecule is COC(C)C(O)(OC)c1ccccc1. The minimum Gasteiger partial charge on any atom is -0.376 e. The zero-order valence-corrected chi connectivity index (χ0v) is 8.73. The van der Waals surface area contributed by atoms with E-state index in [0.29, 0.717) is 5.56 Å². The maximum absolute atomic E-state index is 10.2. The van der Waals surface area contributed by atoms with E-state index in [1.54, 1.807) is 19.1 Å². The van der Waals surface area contributed by atoms with Gasteiger partial charge < -0.3 is 14.6 Å². The van der Waals surface area contributed by atoms with Gasteiger partial charge in [0.15, 0.2) is 0 Å². The molecule has 0 aromatic heterocycles. The fourth-order valence-electron chi connectivity index (χ4n) is 1.36. The Morgan fingerprint density at radius 1 is 1.21 bits per heavy atom. The summed E-state index contributed by atoms with van der Waals surface area (Å²) in [7, 11) is 3.00. The number of methoxy groups -OCH3 is 2. The minimum absolute atomic E-state index is 0.421. The van der Waals surface area contributed by atoms with Crippen LogP contribution in [0.2, 0.25) is 0 Å². The Labute approximate surface area is 84.3 Å². The zero-order valence-electron chi connectivity index (χ0n) is 8.73. The third-order valence-electron chi connectivity index (χ3n) is 2.40. The molecule has 0 saturated heterocycles. The van der Waals surface area contributed by atoms with Crippen LogP contribution in [-0.2, 0) is 15.3 Å². The van der Waals surface area contributed by atoms with E-state index in [-0.39, 0.29) is 0 Å². The van der Waals surface area contributed by atoms with Crippen molar-refractivity contribution in [2.45, 2.75) is 18.8 Å². The highest BCUT2D eigenvalue weighted by Crippen LogP contribution is 2.27. The van der Waals surface area contributed by atoms with Crippen molar-refractivity contribution in [2.24, 2.45) is 0 Å². The lowest BCUT2D eigenvalue weighted by Crippen LogP contribution is -2.40. The first-order valence-electron chi connectivity index (χ1n) is 4.51. The Kier molecular flexibility index (Phi) is 3.63. The highest BCUT2D eigenvalue weighted by Gasteiger charge is 2.35. The number of benzene rings is 1. The topological polar surface area (TPSA) is 38.7 Å². The smallest absolute Gasteiger partial charge is 0.219 e. The van der Waals surface area contributed by atoms with E-state index in [1.807, 2.05) is 18.2 Å². The minimum atomic E-state index is -1.38. The molecule has 14 heavy (non-hydrogen) atoms. The Morgan fingerprint density at radius 3 is 2.21 bits per heavy atom. The van der Waals surface area contributed by atoms with Gasteiger partial charge in [0.25, 0.3) is 0 Å². The average molecular weight is 196 g/mol. The maximum atomic E-state index is 10.2. The second kappa shape index (κ2) is 4.55. The summed E-state index contributed by atoms with van der Waals surface area (Å²) >= 11 is 0. The molecular formula is C11H16O3. The molecular weight excluding hydrogens is 180 g/mol. The molecule has 0 bridgehead atoms. The molecule has 2 atom stereocenters. The molecule has 1 N–H and O–H groups in total. The molecule has 2 unspecified atom stereocenters. The highest BCUT2D eigenvalue weighted by molar-refractivity contribution is 5.21. The van der Waals surface area contributed by atoms with Gasteiger partial charge >= 0.3 is 0 Å². The van der Waals surface area contributed by atoms with Gasteiger partial charge in [0.05, 0.1) is 0 Å². The summed E-state index contributed by atoms with van der Waals surface area (Å²) in [5.74, 6) is -1.38. The molecule has 0 aliphatic carbocycles. The van der Waals surface area contributed by atoms with Crippen LogP contribution in [0.4, 0.5) is 0 Å². The second-order valence-corrected chi connectivity index (χ2v) is 3.14. The molecule has 0 saturated carbocycles. The zero-order chi connectivity index (χ0) is 10.6. The van der Waals surface area contributed by atoms with Crippen LogP contribution >= 0.6 is 0 Å². The third-order valence-corrected chi connectivity index (χ3v) is 2.40. The van der Waals surface area contributed by atoms with Gasteiger partial charge in [-0.1, -0.05) is 30.3 Å². The summed E-state index contributed by atoms with van der Waals surface area (Å²) in [5, 5.41) is 10.2. The number of hydrogen-bond donors (Lipinski definition) is 1. The maximum Gasteiger partial charge on any atom is 0.219 e. The predicted molar refractivity (Wildman–Crippen MR) is 53.8 cm³/mol. The van der Waals surface area contributed by atoms with Crippen molar-refractivity contribution in [3.63, 3.8) is 0 Å². The summed E-state index contributed by atoms with van der Waals surface area (Å²) in [4.78, 5) is 0. The van der Waals surface area contributed by atoms with Gasteiger partial charge in [0, 0.05) is 19.8 Å². The van der Waals surface area contributed by atoms with Gasteiger partial charge in [-0.15, -0.1) is 0 Å². The molecule has 0 spiro atoms. The van der Waals surface area contributed by atoms with Crippen molar-refractivity contribution in [3.05, 3.63) is 35.9 Å². The average Bonchev–Trinajstić information content (AvgIpc) is 2.28. The monoisotopic (exact) mass is 196 g/mol. The quantitative estimate of drug-likeness (QED) is 0.742. The van der Waals surface area contributed by atoms with E-state index in [0.717, 1.165) is 0 Å². The van der Waals surface area contributed by atoms with Crippen LogP contribution in [-0.4, -0.2) is 25.4 Å². The van der Waals surface area contributed by atoms with Crippen LogP contribution < -0.4 is 0 Å². The normalized spacial score (nSPS) is 17.4. The first-order chi connectivity index (χ1) is 6.65. The molecule has 0 radical (unpaired) electrons. The molecule has 0 fully saturated rings. The molecule has 0 heterocycles. The Balaban J connectivity index is 3.01. The molecule has 3 heteroatoms. The Morgan fingerprint density at radius 2 is 1.79 bits per heavy atom. The number of rotatable bonds is 4. The van der Waals surface area contributed by atoms with E-state index in [1.165, 1.54) is 14.2 Å². The largest absolute Gasteiger partial charge is 0.376 e. The van der Waals surface area contributed by atoms with Gasteiger partial charge in [-0.05, 0) is 6.92 Å².